The molecule has 2 aromatic rings. The summed E-state index contributed by atoms with van der Waals surface area (Å²) in [6.07, 6.45) is 0.942. The first kappa shape index (κ1) is 14.2. The third-order valence-electron chi connectivity index (χ3n) is 4.11. The Balaban J connectivity index is 1.97. The van der Waals surface area contributed by atoms with Crippen LogP contribution in [0.5, 0.6) is 5.75 Å². The van der Waals surface area contributed by atoms with E-state index in [-0.39, 0.29) is 17.2 Å². The van der Waals surface area contributed by atoms with Gasteiger partial charge in [0.2, 0.25) is 0 Å². The number of phenolic OH excluding ortho intramolecular Hbond substituents is 1. The second-order valence-corrected chi connectivity index (χ2v) is 6.69. The maximum absolute atomic E-state index is 13.5. The van der Waals surface area contributed by atoms with Gasteiger partial charge in [0.05, 0.1) is 6.04 Å². The van der Waals surface area contributed by atoms with Gasteiger partial charge in [-0.3, -0.25) is 0 Å². The van der Waals surface area contributed by atoms with Crippen LogP contribution in [0.15, 0.2) is 36.4 Å². The van der Waals surface area contributed by atoms with Gasteiger partial charge in [0, 0.05) is 16.8 Å². The number of halogens is 2. The van der Waals surface area contributed by atoms with E-state index in [9.17, 15) is 9.50 Å². The molecule has 0 heterocycles. The summed E-state index contributed by atoms with van der Waals surface area (Å²) in [6, 6.07) is 10.3. The molecule has 2 nitrogen and oxygen atoms in total. The lowest BCUT2D eigenvalue weighted by molar-refractivity contribution is 0.337. The van der Waals surface area contributed by atoms with E-state index >= 15 is 0 Å². The molecule has 2 N–H and O–H groups in total. The fraction of sp³-hybridized carbons (Fsp3) is 0.294. The number of rotatable bonds is 2. The topological polar surface area (TPSA) is 32.3 Å². The monoisotopic (exact) mass is 305 g/mol. The van der Waals surface area contributed by atoms with E-state index in [0.717, 1.165) is 12.0 Å². The first-order valence-corrected chi connectivity index (χ1v) is 7.28. The van der Waals surface area contributed by atoms with Gasteiger partial charge in [-0.05, 0) is 47.2 Å². The number of hydrogen-bond donors (Lipinski definition) is 2. The van der Waals surface area contributed by atoms with Gasteiger partial charge < -0.3 is 10.4 Å². The minimum atomic E-state index is -0.623. The highest BCUT2D eigenvalue weighted by molar-refractivity contribution is 6.30. The van der Waals surface area contributed by atoms with Crippen molar-refractivity contribution in [2.24, 2.45) is 5.41 Å². The van der Waals surface area contributed by atoms with Crippen molar-refractivity contribution in [2.75, 3.05) is 5.32 Å². The van der Waals surface area contributed by atoms with Gasteiger partial charge in [-0.1, -0.05) is 31.5 Å². The molecule has 4 heteroatoms. The number of benzene rings is 2. The molecule has 0 radical (unpaired) electrons. The number of phenols is 1. The summed E-state index contributed by atoms with van der Waals surface area (Å²) in [5, 5.41) is 13.4. The van der Waals surface area contributed by atoms with Gasteiger partial charge in [-0.25, -0.2) is 4.39 Å². The summed E-state index contributed by atoms with van der Waals surface area (Å²) in [4.78, 5) is 0. The van der Waals surface area contributed by atoms with Crippen molar-refractivity contribution < 1.29 is 9.50 Å². The van der Waals surface area contributed by atoms with Gasteiger partial charge in [0.1, 0.15) is 0 Å². The van der Waals surface area contributed by atoms with Crippen LogP contribution in [0.4, 0.5) is 10.1 Å². The van der Waals surface area contributed by atoms with Crippen molar-refractivity contribution in [1.29, 1.82) is 0 Å². The third-order valence-corrected chi connectivity index (χ3v) is 4.34. The van der Waals surface area contributed by atoms with Crippen LogP contribution in [-0.2, 0) is 6.42 Å². The number of anilines is 1. The van der Waals surface area contributed by atoms with Crippen LogP contribution in [0.1, 0.15) is 31.0 Å². The molecule has 1 unspecified atom stereocenters. The Labute approximate surface area is 128 Å². The zero-order chi connectivity index (χ0) is 15.2. The normalized spacial score (nSPS) is 19.3. The molecule has 1 atom stereocenters. The minimum Gasteiger partial charge on any atom is -0.505 e. The van der Waals surface area contributed by atoms with E-state index in [4.69, 9.17) is 11.6 Å². The molecule has 21 heavy (non-hydrogen) atoms. The lowest BCUT2D eigenvalue weighted by atomic mass is 9.85. The summed E-state index contributed by atoms with van der Waals surface area (Å²) >= 11 is 6.11. The first-order chi connectivity index (χ1) is 9.87. The van der Waals surface area contributed by atoms with E-state index in [1.165, 1.54) is 17.7 Å². The highest BCUT2D eigenvalue weighted by Gasteiger charge is 2.39. The minimum absolute atomic E-state index is 0.00137. The van der Waals surface area contributed by atoms with Crippen molar-refractivity contribution in [3.05, 3.63) is 58.4 Å². The van der Waals surface area contributed by atoms with Crippen molar-refractivity contribution in [3.8, 4) is 5.75 Å². The Morgan fingerprint density at radius 3 is 2.71 bits per heavy atom. The zero-order valence-electron chi connectivity index (χ0n) is 12.0. The molecule has 1 aliphatic rings. The molecule has 0 spiro atoms. The van der Waals surface area contributed by atoms with E-state index in [0.29, 0.717) is 10.7 Å². The summed E-state index contributed by atoms with van der Waals surface area (Å²) in [5.74, 6) is -0.961. The van der Waals surface area contributed by atoms with Crippen LogP contribution in [-0.4, -0.2) is 5.11 Å². The molecular weight excluding hydrogens is 289 g/mol. The summed E-state index contributed by atoms with van der Waals surface area (Å²) in [5.41, 5.74) is 3.07. The van der Waals surface area contributed by atoms with Crippen molar-refractivity contribution in [1.82, 2.24) is 0 Å². The predicted octanol–water partition coefficient (Wildman–Crippen LogP) is 4.92. The largest absolute Gasteiger partial charge is 0.505 e. The van der Waals surface area contributed by atoms with Gasteiger partial charge in [0.25, 0.3) is 0 Å². The van der Waals surface area contributed by atoms with Crippen molar-refractivity contribution in [2.45, 2.75) is 26.3 Å². The molecule has 0 bridgehead atoms. The standard InChI is InChI=1S/C17H17ClFNO/c1-17(2)9-10-3-4-11(18)7-13(10)16(17)20-12-5-6-15(21)14(19)8-12/h3-8,16,20-21H,9H2,1-2H3. The fourth-order valence-corrected chi connectivity index (χ4v) is 3.23. The molecular formula is C17H17ClFNO. The van der Waals surface area contributed by atoms with E-state index in [1.54, 1.807) is 6.07 Å². The first-order valence-electron chi connectivity index (χ1n) is 6.90. The van der Waals surface area contributed by atoms with E-state index in [1.807, 2.05) is 12.1 Å². The van der Waals surface area contributed by atoms with Gasteiger partial charge in [-0.15, -0.1) is 0 Å². The van der Waals surface area contributed by atoms with Gasteiger partial charge >= 0.3 is 0 Å². The van der Waals surface area contributed by atoms with Gasteiger partial charge in [-0.2, -0.15) is 0 Å². The number of hydrogen-bond acceptors (Lipinski definition) is 2. The smallest absolute Gasteiger partial charge is 0.166 e. The zero-order valence-corrected chi connectivity index (χ0v) is 12.7. The maximum Gasteiger partial charge on any atom is 0.166 e. The van der Waals surface area contributed by atoms with Crippen LogP contribution in [0.25, 0.3) is 0 Å². The number of fused-ring (bicyclic) bond motifs is 1. The second-order valence-electron chi connectivity index (χ2n) is 6.25. The molecule has 0 saturated heterocycles. The summed E-state index contributed by atoms with van der Waals surface area (Å²) in [7, 11) is 0. The summed E-state index contributed by atoms with van der Waals surface area (Å²) < 4.78 is 13.5. The van der Waals surface area contributed by atoms with Crippen LogP contribution >= 0.6 is 11.6 Å². The average Bonchev–Trinajstić information content (AvgIpc) is 2.65. The highest BCUT2D eigenvalue weighted by atomic mass is 35.5. The molecule has 0 fully saturated rings. The molecule has 0 aliphatic heterocycles. The number of aromatic hydroxyl groups is 1. The average molecular weight is 306 g/mol. The molecule has 3 rings (SSSR count). The Kier molecular flexibility index (Phi) is 3.33. The molecule has 110 valence electrons. The fourth-order valence-electron chi connectivity index (χ4n) is 3.05. The molecule has 1 aliphatic carbocycles. The third kappa shape index (κ3) is 2.58. The van der Waals surface area contributed by atoms with Crippen molar-refractivity contribution in [3.63, 3.8) is 0 Å². The summed E-state index contributed by atoms with van der Waals surface area (Å²) in [6.45, 7) is 4.35. The predicted molar refractivity (Wildman–Crippen MR) is 83.4 cm³/mol. The van der Waals surface area contributed by atoms with Crippen molar-refractivity contribution >= 4 is 17.3 Å². The Bertz CT molecular complexity index is 699. The lowest BCUT2D eigenvalue weighted by Crippen LogP contribution is -2.24. The van der Waals surface area contributed by atoms with Crippen LogP contribution < -0.4 is 5.32 Å². The molecule has 0 aromatic heterocycles. The number of nitrogens with one attached hydrogen (secondary N) is 1. The van der Waals surface area contributed by atoms with Gasteiger partial charge in [0.15, 0.2) is 11.6 Å². The molecule has 2 aromatic carbocycles. The van der Waals surface area contributed by atoms with E-state index < -0.39 is 5.82 Å². The quantitative estimate of drug-likeness (QED) is 0.772. The molecule has 0 amide bonds. The SMILES string of the molecule is CC1(C)Cc2ccc(Cl)cc2C1Nc1ccc(O)c(F)c1. The highest BCUT2D eigenvalue weighted by Crippen LogP contribution is 2.47. The Morgan fingerprint density at radius 1 is 1.24 bits per heavy atom. The lowest BCUT2D eigenvalue weighted by Gasteiger charge is -2.29. The van der Waals surface area contributed by atoms with Crippen LogP contribution in [0, 0.1) is 11.2 Å². The van der Waals surface area contributed by atoms with Crippen LogP contribution in [0.3, 0.4) is 0 Å². The Morgan fingerprint density at radius 2 is 2.00 bits per heavy atom. The maximum atomic E-state index is 13.5. The molecule has 0 saturated carbocycles. The second kappa shape index (κ2) is 4.92. The Hall–Kier alpha value is -1.74. The van der Waals surface area contributed by atoms with E-state index in [2.05, 4.69) is 25.2 Å². The van der Waals surface area contributed by atoms with Crippen LogP contribution in [0.2, 0.25) is 5.02 Å².